The molecule has 1 fully saturated rings. The molecule has 4 nitrogen and oxygen atoms in total. The van der Waals surface area contributed by atoms with Gasteiger partial charge in [0.25, 0.3) is 0 Å². The lowest BCUT2D eigenvalue weighted by Crippen LogP contribution is -2.36. The molecule has 106 valence electrons. The second-order valence-corrected chi connectivity index (χ2v) is 6.37. The number of carbonyl (C=O) groups is 1. The van der Waals surface area contributed by atoms with Crippen LogP contribution in [0.1, 0.15) is 42.2 Å². The lowest BCUT2D eigenvalue weighted by atomic mass is 9.80. The molecule has 0 bridgehead atoms. The highest BCUT2D eigenvalue weighted by Gasteiger charge is 2.23. The van der Waals surface area contributed by atoms with E-state index >= 15 is 0 Å². The molecule has 2 N–H and O–H groups in total. The number of hydrogen-bond donors (Lipinski definition) is 2. The highest BCUT2D eigenvalue weighted by molar-refractivity contribution is 7.16. The Hall–Kier alpha value is -1.46. The number of pyridine rings is 1. The first kappa shape index (κ1) is 13.5. The van der Waals surface area contributed by atoms with Crippen LogP contribution in [0.2, 0.25) is 0 Å². The standard InChI is InChI=1S/C15H18N2O2S/c1-9(10-3-2-4-10)16-8-11-7-13(15(18)19)17-14-12(11)5-6-20-14/h5-7,9-10,16H,2-4,8H2,1H3,(H,18,19)/t9-/m0/s1. The van der Waals surface area contributed by atoms with Gasteiger partial charge in [0.2, 0.25) is 0 Å². The summed E-state index contributed by atoms with van der Waals surface area (Å²) in [6.45, 7) is 2.92. The number of nitrogens with one attached hydrogen (secondary N) is 1. The number of fused-ring (bicyclic) bond motifs is 1. The molecule has 0 unspecified atom stereocenters. The third kappa shape index (κ3) is 2.55. The molecule has 2 heterocycles. The summed E-state index contributed by atoms with van der Waals surface area (Å²) >= 11 is 1.49. The number of aromatic carboxylic acids is 1. The first-order valence-electron chi connectivity index (χ1n) is 6.99. The monoisotopic (exact) mass is 290 g/mol. The summed E-state index contributed by atoms with van der Waals surface area (Å²) in [5.74, 6) is -0.192. The van der Waals surface area contributed by atoms with Gasteiger partial charge in [0.1, 0.15) is 10.5 Å². The second kappa shape index (κ2) is 5.50. The van der Waals surface area contributed by atoms with Crippen LogP contribution in [-0.4, -0.2) is 22.1 Å². The molecular formula is C15H18N2O2S. The summed E-state index contributed by atoms with van der Waals surface area (Å²) in [6, 6.07) is 4.19. The van der Waals surface area contributed by atoms with E-state index in [1.807, 2.05) is 11.4 Å². The minimum atomic E-state index is -0.964. The van der Waals surface area contributed by atoms with Gasteiger partial charge in [0, 0.05) is 18.0 Å². The molecule has 0 aliphatic heterocycles. The van der Waals surface area contributed by atoms with Crippen molar-refractivity contribution in [3.8, 4) is 0 Å². The number of nitrogens with zero attached hydrogens (tertiary/aromatic N) is 1. The molecule has 1 saturated carbocycles. The van der Waals surface area contributed by atoms with Gasteiger partial charge in [-0.15, -0.1) is 11.3 Å². The Balaban J connectivity index is 1.81. The molecule has 0 radical (unpaired) electrons. The first-order valence-corrected chi connectivity index (χ1v) is 7.87. The number of thiophene rings is 1. The quantitative estimate of drug-likeness (QED) is 0.887. The van der Waals surface area contributed by atoms with E-state index in [9.17, 15) is 4.79 Å². The summed E-state index contributed by atoms with van der Waals surface area (Å²) < 4.78 is 0. The maximum absolute atomic E-state index is 11.1. The molecule has 1 aliphatic rings. The van der Waals surface area contributed by atoms with Crippen molar-refractivity contribution in [3.63, 3.8) is 0 Å². The number of carboxylic acids is 1. The highest BCUT2D eigenvalue weighted by Crippen LogP contribution is 2.30. The van der Waals surface area contributed by atoms with Crippen LogP contribution in [0.5, 0.6) is 0 Å². The fourth-order valence-electron chi connectivity index (χ4n) is 2.65. The Morgan fingerprint density at radius 3 is 3.05 bits per heavy atom. The number of hydrogen-bond acceptors (Lipinski definition) is 4. The minimum absolute atomic E-state index is 0.132. The van der Waals surface area contributed by atoms with Crippen LogP contribution in [0.4, 0.5) is 0 Å². The van der Waals surface area contributed by atoms with Gasteiger partial charge in [0.05, 0.1) is 0 Å². The zero-order valence-electron chi connectivity index (χ0n) is 11.4. The molecule has 0 amide bonds. The number of carboxylic acid groups (broad SMARTS) is 1. The van der Waals surface area contributed by atoms with Gasteiger partial charge in [-0.2, -0.15) is 0 Å². The molecule has 0 spiro atoms. The first-order chi connectivity index (χ1) is 9.65. The van der Waals surface area contributed by atoms with Gasteiger partial charge in [-0.05, 0) is 48.8 Å². The highest BCUT2D eigenvalue weighted by atomic mass is 32.1. The lowest BCUT2D eigenvalue weighted by Gasteiger charge is -2.32. The Labute approximate surface area is 121 Å². The van der Waals surface area contributed by atoms with Crippen LogP contribution in [0, 0.1) is 5.92 Å². The molecule has 2 aromatic rings. The van der Waals surface area contributed by atoms with E-state index < -0.39 is 5.97 Å². The van der Waals surface area contributed by atoms with E-state index in [0.717, 1.165) is 21.7 Å². The SMILES string of the molecule is C[C@H](NCc1cc(C(=O)O)nc2sccc12)C1CCC1. The van der Waals surface area contributed by atoms with Crippen molar-refractivity contribution in [2.24, 2.45) is 5.92 Å². The summed E-state index contributed by atoms with van der Waals surface area (Å²) in [5, 5.41) is 15.7. The van der Waals surface area contributed by atoms with Crippen molar-refractivity contribution in [1.29, 1.82) is 0 Å². The van der Waals surface area contributed by atoms with E-state index in [1.54, 1.807) is 6.07 Å². The van der Waals surface area contributed by atoms with Crippen molar-refractivity contribution < 1.29 is 9.90 Å². The van der Waals surface area contributed by atoms with Gasteiger partial charge < -0.3 is 10.4 Å². The maximum Gasteiger partial charge on any atom is 0.354 e. The minimum Gasteiger partial charge on any atom is -0.477 e. The lowest BCUT2D eigenvalue weighted by molar-refractivity contribution is 0.0691. The molecule has 3 rings (SSSR count). The van der Waals surface area contributed by atoms with Crippen molar-refractivity contribution >= 4 is 27.5 Å². The van der Waals surface area contributed by atoms with Crippen molar-refractivity contribution in [1.82, 2.24) is 10.3 Å². The Morgan fingerprint density at radius 2 is 2.40 bits per heavy atom. The number of rotatable bonds is 5. The molecule has 0 saturated heterocycles. The van der Waals surface area contributed by atoms with Gasteiger partial charge in [-0.3, -0.25) is 0 Å². The van der Waals surface area contributed by atoms with E-state index in [0.29, 0.717) is 12.6 Å². The van der Waals surface area contributed by atoms with Crippen LogP contribution < -0.4 is 5.32 Å². The van der Waals surface area contributed by atoms with Crippen molar-refractivity contribution in [2.75, 3.05) is 0 Å². The van der Waals surface area contributed by atoms with Gasteiger partial charge in [0.15, 0.2) is 0 Å². The summed E-state index contributed by atoms with van der Waals surface area (Å²) in [5.41, 5.74) is 1.16. The molecule has 0 aromatic carbocycles. The van der Waals surface area contributed by atoms with E-state index in [1.165, 1.54) is 30.6 Å². The fraction of sp³-hybridized carbons (Fsp3) is 0.467. The van der Waals surface area contributed by atoms with Gasteiger partial charge in [-0.1, -0.05) is 6.42 Å². The third-order valence-corrected chi connectivity index (χ3v) is 5.02. The molecular weight excluding hydrogens is 272 g/mol. The molecule has 1 aliphatic carbocycles. The maximum atomic E-state index is 11.1. The van der Waals surface area contributed by atoms with E-state index in [4.69, 9.17) is 5.11 Å². The molecule has 2 aromatic heterocycles. The normalized spacial score (nSPS) is 17.1. The van der Waals surface area contributed by atoms with Crippen LogP contribution in [0.3, 0.4) is 0 Å². The summed E-state index contributed by atoms with van der Waals surface area (Å²) in [7, 11) is 0. The molecule has 20 heavy (non-hydrogen) atoms. The average Bonchev–Trinajstić information content (AvgIpc) is 2.81. The molecule has 1 atom stereocenters. The van der Waals surface area contributed by atoms with Crippen LogP contribution in [-0.2, 0) is 6.54 Å². The third-order valence-electron chi connectivity index (χ3n) is 4.21. The molecule has 5 heteroatoms. The van der Waals surface area contributed by atoms with E-state index in [-0.39, 0.29) is 5.69 Å². The Kier molecular flexibility index (Phi) is 3.72. The Morgan fingerprint density at radius 1 is 1.60 bits per heavy atom. The summed E-state index contributed by atoms with van der Waals surface area (Å²) in [6.07, 6.45) is 3.95. The smallest absolute Gasteiger partial charge is 0.354 e. The van der Waals surface area contributed by atoms with Crippen LogP contribution in [0.15, 0.2) is 17.5 Å². The second-order valence-electron chi connectivity index (χ2n) is 5.47. The van der Waals surface area contributed by atoms with Crippen LogP contribution in [0.25, 0.3) is 10.2 Å². The zero-order chi connectivity index (χ0) is 14.1. The van der Waals surface area contributed by atoms with Gasteiger partial charge >= 0.3 is 5.97 Å². The topological polar surface area (TPSA) is 62.2 Å². The van der Waals surface area contributed by atoms with Crippen molar-refractivity contribution in [2.45, 2.75) is 38.8 Å². The predicted molar refractivity (Wildman–Crippen MR) is 80.2 cm³/mol. The van der Waals surface area contributed by atoms with Crippen molar-refractivity contribution in [3.05, 3.63) is 28.8 Å². The van der Waals surface area contributed by atoms with Gasteiger partial charge in [-0.25, -0.2) is 9.78 Å². The largest absolute Gasteiger partial charge is 0.477 e. The Bertz CT molecular complexity index is 634. The predicted octanol–water partition coefficient (Wildman–Crippen LogP) is 3.27. The zero-order valence-corrected chi connectivity index (χ0v) is 12.2. The fourth-order valence-corrected chi connectivity index (χ4v) is 3.46. The van der Waals surface area contributed by atoms with Crippen LogP contribution >= 0.6 is 11.3 Å². The average molecular weight is 290 g/mol. The summed E-state index contributed by atoms with van der Waals surface area (Å²) in [4.78, 5) is 16.1. The number of aromatic nitrogens is 1. The van der Waals surface area contributed by atoms with E-state index in [2.05, 4.69) is 17.2 Å².